The van der Waals surface area contributed by atoms with Gasteiger partial charge in [0.2, 0.25) is 0 Å². The van der Waals surface area contributed by atoms with Gasteiger partial charge in [-0.1, -0.05) is 54.6 Å². The van der Waals surface area contributed by atoms with Gasteiger partial charge in [-0.3, -0.25) is 9.67 Å². The Bertz CT molecular complexity index is 1030. The molecule has 0 radical (unpaired) electrons. The van der Waals surface area contributed by atoms with Gasteiger partial charge >= 0.3 is 0 Å². The van der Waals surface area contributed by atoms with Crippen molar-refractivity contribution in [2.45, 2.75) is 6.61 Å². The molecule has 0 aliphatic heterocycles. The van der Waals surface area contributed by atoms with E-state index in [9.17, 15) is 0 Å². The van der Waals surface area contributed by atoms with Gasteiger partial charge in [-0.15, -0.1) is 0 Å². The Morgan fingerprint density at radius 3 is 2.54 bits per heavy atom. The maximum Gasteiger partial charge on any atom is 0.199 e. The quantitative estimate of drug-likeness (QED) is 0.552. The molecule has 0 saturated carbocycles. The molecule has 4 aromatic rings. The van der Waals surface area contributed by atoms with Crippen molar-refractivity contribution in [1.29, 1.82) is 0 Å². The summed E-state index contributed by atoms with van der Waals surface area (Å²) in [5, 5.41) is 9.49. The predicted molar refractivity (Wildman–Crippen MR) is 97.0 cm³/mol. The van der Waals surface area contributed by atoms with Crippen LogP contribution in [-0.4, -0.2) is 14.8 Å². The minimum atomic E-state index is 0.334. The lowest BCUT2D eigenvalue weighted by Crippen LogP contribution is -2.06. The van der Waals surface area contributed by atoms with Gasteiger partial charge < -0.3 is 4.74 Å². The number of hydrogen-bond donors (Lipinski definition) is 1. The number of fused-ring (bicyclic) bond motifs is 1. The Hall–Kier alpha value is -2.92. The van der Waals surface area contributed by atoms with E-state index in [0.29, 0.717) is 11.4 Å². The van der Waals surface area contributed by atoms with E-state index in [4.69, 9.17) is 17.0 Å². The van der Waals surface area contributed by atoms with E-state index in [1.54, 1.807) is 0 Å². The molecule has 0 amide bonds. The van der Waals surface area contributed by atoms with E-state index in [-0.39, 0.29) is 0 Å². The number of benzene rings is 3. The molecule has 1 aromatic heterocycles. The molecule has 0 bridgehead atoms. The fraction of sp³-hybridized carbons (Fsp3) is 0.0526. The lowest BCUT2D eigenvalue weighted by atomic mass is 10.1. The highest BCUT2D eigenvalue weighted by atomic mass is 32.1. The van der Waals surface area contributed by atoms with E-state index in [1.165, 1.54) is 0 Å². The number of hydrogen-bond acceptors (Lipinski definition) is 3. The van der Waals surface area contributed by atoms with E-state index >= 15 is 0 Å². The van der Waals surface area contributed by atoms with Crippen LogP contribution < -0.4 is 4.74 Å². The summed E-state index contributed by atoms with van der Waals surface area (Å²) >= 11 is 5.44. The van der Waals surface area contributed by atoms with Gasteiger partial charge in [-0.2, -0.15) is 5.10 Å². The summed E-state index contributed by atoms with van der Waals surface area (Å²) in [6.45, 7) is 0.334. The molecule has 24 heavy (non-hydrogen) atoms. The minimum Gasteiger partial charge on any atom is -0.486 e. The molecule has 0 saturated heterocycles. The van der Waals surface area contributed by atoms with E-state index < -0.39 is 0 Å². The smallest absolute Gasteiger partial charge is 0.199 e. The second-order valence-electron chi connectivity index (χ2n) is 5.38. The zero-order valence-corrected chi connectivity index (χ0v) is 13.7. The molecule has 0 aliphatic carbocycles. The first kappa shape index (κ1) is 14.7. The standard InChI is InChI=1S/C19H15N3OS/c24-19-21-20-18(13-23-15-9-2-1-3-10-15)22(19)17-12-6-8-14-7-4-5-11-16(14)17/h1-12H,13H2,(H,21,24). The Labute approximate surface area is 144 Å². The van der Waals surface area contributed by atoms with Gasteiger partial charge in [0, 0.05) is 5.39 Å². The largest absolute Gasteiger partial charge is 0.486 e. The first-order valence-corrected chi connectivity index (χ1v) is 8.06. The molecule has 3 aromatic carbocycles. The fourth-order valence-electron chi connectivity index (χ4n) is 2.74. The summed E-state index contributed by atoms with van der Waals surface area (Å²) in [7, 11) is 0. The van der Waals surface area contributed by atoms with Crippen molar-refractivity contribution in [3.05, 3.63) is 83.4 Å². The van der Waals surface area contributed by atoms with Gasteiger partial charge in [-0.05, 0) is 35.8 Å². The maximum absolute atomic E-state index is 5.83. The molecule has 118 valence electrons. The second kappa shape index (κ2) is 6.29. The number of ether oxygens (including phenoxy) is 1. The van der Waals surface area contributed by atoms with Crippen molar-refractivity contribution < 1.29 is 4.74 Å². The summed E-state index contributed by atoms with van der Waals surface area (Å²) in [6, 6.07) is 24.1. The number of nitrogens with one attached hydrogen (secondary N) is 1. The van der Waals surface area contributed by atoms with Crippen molar-refractivity contribution in [3.63, 3.8) is 0 Å². The van der Waals surface area contributed by atoms with Crippen LogP contribution in [-0.2, 0) is 6.61 Å². The van der Waals surface area contributed by atoms with Gasteiger partial charge in [0.05, 0.1) is 5.69 Å². The minimum absolute atomic E-state index is 0.334. The van der Waals surface area contributed by atoms with Crippen LogP contribution in [0.1, 0.15) is 5.82 Å². The average molecular weight is 333 g/mol. The molecule has 0 fully saturated rings. The first-order chi connectivity index (χ1) is 11.8. The molecule has 4 nitrogen and oxygen atoms in total. The normalized spacial score (nSPS) is 10.8. The highest BCUT2D eigenvalue weighted by molar-refractivity contribution is 7.71. The number of aromatic nitrogens is 3. The molecular formula is C19H15N3OS. The van der Waals surface area contributed by atoms with Crippen LogP contribution in [0, 0.1) is 4.77 Å². The molecular weight excluding hydrogens is 318 g/mol. The maximum atomic E-state index is 5.83. The predicted octanol–water partition coefficient (Wildman–Crippen LogP) is 4.66. The molecule has 1 N–H and O–H groups in total. The third-order valence-corrected chi connectivity index (χ3v) is 4.13. The monoisotopic (exact) mass is 333 g/mol. The Kier molecular flexibility index (Phi) is 3.84. The first-order valence-electron chi connectivity index (χ1n) is 7.65. The topological polar surface area (TPSA) is 42.8 Å². The van der Waals surface area contributed by atoms with Crippen LogP contribution in [0.3, 0.4) is 0 Å². The summed E-state index contributed by atoms with van der Waals surface area (Å²) in [6.07, 6.45) is 0. The summed E-state index contributed by atoms with van der Waals surface area (Å²) in [5.41, 5.74) is 0.999. The van der Waals surface area contributed by atoms with Crippen molar-refractivity contribution in [2.24, 2.45) is 0 Å². The van der Waals surface area contributed by atoms with Crippen LogP contribution in [0.4, 0.5) is 0 Å². The number of H-pyrrole nitrogens is 1. The van der Waals surface area contributed by atoms with E-state index in [1.807, 2.05) is 59.2 Å². The van der Waals surface area contributed by atoms with Crippen LogP contribution >= 0.6 is 12.2 Å². The number of para-hydroxylation sites is 1. The summed E-state index contributed by atoms with van der Waals surface area (Å²) in [5.74, 6) is 1.54. The van der Waals surface area contributed by atoms with Crippen molar-refractivity contribution in [2.75, 3.05) is 0 Å². The van der Waals surface area contributed by atoms with Crippen LogP contribution in [0.5, 0.6) is 5.75 Å². The SMILES string of the molecule is S=c1[nH]nc(COc2ccccc2)n1-c1cccc2ccccc12. The molecule has 4 rings (SSSR count). The Balaban J connectivity index is 1.76. The average Bonchev–Trinajstić information content (AvgIpc) is 3.01. The zero-order valence-electron chi connectivity index (χ0n) is 12.8. The van der Waals surface area contributed by atoms with E-state index in [2.05, 4.69) is 28.4 Å². The summed E-state index contributed by atoms with van der Waals surface area (Å²) < 4.78 is 8.31. The third kappa shape index (κ3) is 2.70. The van der Waals surface area contributed by atoms with Gasteiger partial charge in [-0.25, -0.2) is 0 Å². The Morgan fingerprint density at radius 2 is 1.67 bits per heavy atom. The highest BCUT2D eigenvalue weighted by Crippen LogP contribution is 2.23. The molecule has 0 aliphatic rings. The number of rotatable bonds is 4. The Morgan fingerprint density at radius 1 is 0.917 bits per heavy atom. The number of aromatic amines is 1. The van der Waals surface area contributed by atoms with Gasteiger partial charge in [0.1, 0.15) is 12.4 Å². The molecule has 5 heteroatoms. The fourth-order valence-corrected chi connectivity index (χ4v) is 2.99. The number of nitrogens with zero attached hydrogens (tertiary/aromatic N) is 2. The van der Waals surface area contributed by atoms with Crippen molar-refractivity contribution in [3.8, 4) is 11.4 Å². The third-order valence-electron chi connectivity index (χ3n) is 3.86. The summed E-state index contributed by atoms with van der Waals surface area (Å²) in [4.78, 5) is 0. The molecule has 1 heterocycles. The lowest BCUT2D eigenvalue weighted by Gasteiger charge is -2.11. The molecule has 0 atom stereocenters. The molecule has 0 unspecified atom stereocenters. The van der Waals surface area contributed by atoms with Crippen molar-refractivity contribution in [1.82, 2.24) is 14.8 Å². The van der Waals surface area contributed by atoms with Crippen LogP contribution in [0.15, 0.2) is 72.8 Å². The second-order valence-corrected chi connectivity index (χ2v) is 5.77. The zero-order chi connectivity index (χ0) is 16.4. The molecule has 0 spiro atoms. The van der Waals surface area contributed by atoms with Crippen LogP contribution in [0.2, 0.25) is 0 Å². The van der Waals surface area contributed by atoms with Gasteiger partial charge in [0.25, 0.3) is 0 Å². The van der Waals surface area contributed by atoms with Crippen LogP contribution in [0.25, 0.3) is 16.5 Å². The highest BCUT2D eigenvalue weighted by Gasteiger charge is 2.11. The van der Waals surface area contributed by atoms with Gasteiger partial charge in [0.15, 0.2) is 10.6 Å². The van der Waals surface area contributed by atoms with Crippen molar-refractivity contribution >= 4 is 23.0 Å². The lowest BCUT2D eigenvalue weighted by molar-refractivity contribution is 0.293. The van der Waals surface area contributed by atoms with E-state index in [0.717, 1.165) is 28.0 Å².